The third-order valence-corrected chi connectivity index (χ3v) is 4.90. The number of ether oxygens (including phenoxy) is 2. The van der Waals surface area contributed by atoms with Crippen LogP contribution in [0.3, 0.4) is 0 Å². The lowest BCUT2D eigenvalue weighted by Crippen LogP contribution is -2.20. The lowest BCUT2D eigenvalue weighted by molar-refractivity contribution is -0.118. The second kappa shape index (κ2) is 10.2. The van der Waals surface area contributed by atoms with E-state index in [1.807, 2.05) is 42.5 Å². The largest absolute Gasteiger partial charge is 0.497 e. The fraction of sp³-hybridized carbons (Fsp3) is 0.136. The molecule has 0 fully saturated rings. The van der Waals surface area contributed by atoms with Gasteiger partial charge in [0.15, 0.2) is 6.61 Å². The standard InChI is InChI=1S/C22H20BrClN2O3/c1-28-19-8-6-17(7-9-19)26-22(27)14-29-21-10-5-15(11-20(21)23)13-25-18-4-2-3-16(24)12-18/h2-12,25H,13-14H2,1H3,(H,26,27). The number of benzene rings is 3. The van der Waals surface area contributed by atoms with Crippen molar-refractivity contribution in [3.05, 3.63) is 81.8 Å². The van der Waals surface area contributed by atoms with Crippen molar-refractivity contribution in [2.75, 3.05) is 24.4 Å². The van der Waals surface area contributed by atoms with Crippen molar-refractivity contribution < 1.29 is 14.3 Å². The second-order valence-electron chi connectivity index (χ2n) is 6.19. The molecule has 5 nitrogen and oxygen atoms in total. The fourth-order valence-electron chi connectivity index (χ4n) is 2.59. The van der Waals surface area contributed by atoms with Gasteiger partial charge in [-0.3, -0.25) is 4.79 Å². The van der Waals surface area contributed by atoms with Crippen LogP contribution in [-0.2, 0) is 11.3 Å². The first-order chi connectivity index (χ1) is 14.0. The number of hydrogen-bond acceptors (Lipinski definition) is 4. The molecule has 0 aliphatic carbocycles. The van der Waals surface area contributed by atoms with Crippen molar-refractivity contribution in [2.45, 2.75) is 6.54 Å². The molecule has 0 aromatic heterocycles. The van der Waals surface area contributed by atoms with Crippen LogP contribution < -0.4 is 20.1 Å². The Kier molecular flexibility index (Phi) is 7.38. The highest BCUT2D eigenvalue weighted by molar-refractivity contribution is 9.10. The van der Waals surface area contributed by atoms with Crippen LogP contribution in [0.5, 0.6) is 11.5 Å². The van der Waals surface area contributed by atoms with Gasteiger partial charge in [-0.05, 0) is 76.1 Å². The van der Waals surface area contributed by atoms with Crippen molar-refractivity contribution in [1.82, 2.24) is 0 Å². The zero-order chi connectivity index (χ0) is 20.6. The first-order valence-corrected chi connectivity index (χ1v) is 10.0. The molecule has 0 atom stereocenters. The minimum absolute atomic E-state index is 0.0925. The maximum atomic E-state index is 12.1. The Bertz CT molecular complexity index is 980. The van der Waals surface area contributed by atoms with Gasteiger partial charge in [0, 0.05) is 22.9 Å². The molecule has 150 valence electrons. The third-order valence-electron chi connectivity index (χ3n) is 4.05. The minimum Gasteiger partial charge on any atom is -0.497 e. The Morgan fingerprint density at radius 3 is 2.52 bits per heavy atom. The lowest BCUT2D eigenvalue weighted by atomic mass is 10.2. The molecule has 0 saturated heterocycles. The Labute approximate surface area is 183 Å². The van der Waals surface area contributed by atoms with Crippen LogP contribution in [0.25, 0.3) is 0 Å². The monoisotopic (exact) mass is 474 g/mol. The van der Waals surface area contributed by atoms with E-state index >= 15 is 0 Å². The first-order valence-electron chi connectivity index (χ1n) is 8.88. The van der Waals surface area contributed by atoms with Gasteiger partial charge in [0.05, 0.1) is 11.6 Å². The summed E-state index contributed by atoms with van der Waals surface area (Å²) in [6, 6.07) is 20.4. The number of carbonyl (C=O) groups excluding carboxylic acids is 1. The van der Waals surface area contributed by atoms with E-state index in [1.165, 1.54) is 0 Å². The van der Waals surface area contributed by atoms with Crippen molar-refractivity contribution in [3.8, 4) is 11.5 Å². The molecule has 2 N–H and O–H groups in total. The summed E-state index contributed by atoms with van der Waals surface area (Å²) in [7, 11) is 1.60. The summed E-state index contributed by atoms with van der Waals surface area (Å²) in [5, 5.41) is 6.78. The summed E-state index contributed by atoms with van der Waals surface area (Å²) in [6.07, 6.45) is 0. The summed E-state index contributed by atoms with van der Waals surface area (Å²) in [6.45, 7) is 0.544. The molecule has 0 radical (unpaired) electrons. The predicted molar refractivity (Wildman–Crippen MR) is 120 cm³/mol. The third kappa shape index (κ3) is 6.41. The maximum Gasteiger partial charge on any atom is 0.262 e. The van der Waals surface area contributed by atoms with Crippen LogP contribution in [0.4, 0.5) is 11.4 Å². The second-order valence-corrected chi connectivity index (χ2v) is 7.48. The molecule has 0 unspecified atom stereocenters. The van der Waals surface area contributed by atoms with E-state index in [2.05, 4.69) is 26.6 Å². The molecule has 29 heavy (non-hydrogen) atoms. The number of nitrogens with one attached hydrogen (secondary N) is 2. The average Bonchev–Trinajstić information content (AvgIpc) is 2.72. The van der Waals surface area contributed by atoms with Crippen LogP contribution in [0.1, 0.15) is 5.56 Å². The highest BCUT2D eigenvalue weighted by atomic mass is 79.9. The summed E-state index contributed by atoms with van der Waals surface area (Å²) >= 11 is 9.49. The Balaban J connectivity index is 1.51. The molecule has 0 heterocycles. The average molecular weight is 476 g/mol. The van der Waals surface area contributed by atoms with E-state index in [4.69, 9.17) is 21.1 Å². The summed E-state index contributed by atoms with van der Waals surface area (Å²) in [5.41, 5.74) is 2.69. The number of anilines is 2. The van der Waals surface area contributed by atoms with Crippen LogP contribution in [-0.4, -0.2) is 19.6 Å². The topological polar surface area (TPSA) is 59.6 Å². The SMILES string of the molecule is COc1ccc(NC(=O)COc2ccc(CNc3cccc(Cl)c3)cc2Br)cc1. The van der Waals surface area contributed by atoms with E-state index in [0.717, 1.165) is 21.5 Å². The van der Waals surface area contributed by atoms with Gasteiger partial charge in [0.1, 0.15) is 11.5 Å². The molecule has 0 aliphatic rings. The van der Waals surface area contributed by atoms with Crippen LogP contribution in [0.15, 0.2) is 71.2 Å². The van der Waals surface area contributed by atoms with Crippen molar-refractivity contribution in [1.29, 1.82) is 0 Å². The first kappa shape index (κ1) is 21.0. The highest BCUT2D eigenvalue weighted by Crippen LogP contribution is 2.27. The number of amides is 1. The zero-order valence-corrected chi connectivity index (χ0v) is 18.1. The van der Waals surface area contributed by atoms with Crippen LogP contribution >= 0.6 is 27.5 Å². The molecular weight excluding hydrogens is 456 g/mol. The van der Waals surface area contributed by atoms with Gasteiger partial charge in [-0.2, -0.15) is 0 Å². The normalized spacial score (nSPS) is 10.3. The molecule has 0 bridgehead atoms. The van der Waals surface area contributed by atoms with Gasteiger partial charge in [0.25, 0.3) is 5.91 Å². The molecule has 1 amide bonds. The molecule has 0 aliphatic heterocycles. The lowest BCUT2D eigenvalue weighted by Gasteiger charge is -2.11. The number of halogens is 2. The van der Waals surface area contributed by atoms with Gasteiger partial charge in [-0.25, -0.2) is 0 Å². The number of methoxy groups -OCH3 is 1. The predicted octanol–water partition coefficient (Wildman–Crippen LogP) is 5.74. The molecule has 3 rings (SSSR count). The summed E-state index contributed by atoms with van der Waals surface area (Å²) < 4.78 is 11.5. The van der Waals surface area contributed by atoms with Gasteiger partial charge in [-0.1, -0.05) is 23.7 Å². The van der Waals surface area contributed by atoms with E-state index in [-0.39, 0.29) is 12.5 Å². The Morgan fingerprint density at radius 2 is 1.83 bits per heavy atom. The van der Waals surface area contributed by atoms with Gasteiger partial charge in [-0.15, -0.1) is 0 Å². The number of rotatable bonds is 8. The highest BCUT2D eigenvalue weighted by Gasteiger charge is 2.08. The summed E-state index contributed by atoms with van der Waals surface area (Å²) in [4.78, 5) is 12.1. The van der Waals surface area contributed by atoms with Crippen molar-refractivity contribution in [2.24, 2.45) is 0 Å². The van der Waals surface area contributed by atoms with E-state index in [0.29, 0.717) is 23.0 Å². The van der Waals surface area contributed by atoms with E-state index in [1.54, 1.807) is 31.4 Å². The number of hydrogen-bond donors (Lipinski definition) is 2. The fourth-order valence-corrected chi connectivity index (χ4v) is 3.32. The van der Waals surface area contributed by atoms with E-state index < -0.39 is 0 Å². The smallest absolute Gasteiger partial charge is 0.262 e. The molecule has 3 aromatic rings. The van der Waals surface area contributed by atoms with Crippen LogP contribution in [0, 0.1) is 0 Å². The molecular formula is C22H20BrClN2O3. The van der Waals surface area contributed by atoms with Crippen LogP contribution in [0.2, 0.25) is 5.02 Å². The van der Waals surface area contributed by atoms with Crippen molar-refractivity contribution in [3.63, 3.8) is 0 Å². The Hall–Kier alpha value is -2.70. The van der Waals surface area contributed by atoms with E-state index in [9.17, 15) is 4.79 Å². The maximum absolute atomic E-state index is 12.1. The van der Waals surface area contributed by atoms with Gasteiger partial charge in [0.2, 0.25) is 0 Å². The number of carbonyl (C=O) groups is 1. The minimum atomic E-state index is -0.242. The van der Waals surface area contributed by atoms with Crippen molar-refractivity contribution >= 4 is 44.8 Å². The zero-order valence-electron chi connectivity index (χ0n) is 15.7. The molecule has 3 aromatic carbocycles. The van der Waals surface area contributed by atoms with Gasteiger partial charge < -0.3 is 20.1 Å². The molecule has 0 spiro atoms. The Morgan fingerprint density at radius 1 is 1.03 bits per heavy atom. The molecule has 0 saturated carbocycles. The van der Waals surface area contributed by atoms with Gasteiger partial charge >= 0.3 is 0 Å². The molecule has 7 heteroatoms. The summed E-state index contributed by atoms with van der Waals surface area (Å²) in [5.74, 6) is 1.09. The quantitative estimate of drug-likeness (QED) is 0.436.